The van der Waals surface area contributed by atoms with Gasteiger partial charge in [0.25, 0.3) is 0 Å². The van der Waals surface area contributed by atoms with E-state index >= 15 is 0 Å². The van der Waals surface area contributed by atoms with E-state index in [0.717, 1.165) is 39.0 Å². The Morgan fingerprint density at radius 3 is 2.31 bits per heavy atom. The van der Waals surface area contributed by atoms with Crippen molar-refractivity contribution in [2.45, 2.75) is 73.0 Å². The van der Waals surface area contributed by atoms with Gasteiger partial charge in [0.1, 0.15) is 0 Å². The fourth-order valence-electron chi connectivity index (χ4n) is 5.44. The van der Waals surface area contributed by atoms with E-state index in [2.05, 4.69) is 80.6 Å². The first-order chi connectivity index (χ1) is 15.5. The number of ether oxygens (including phenoxy) is 1. The summed E-state index contributed by atoms with van der Waals surface area (Å²) in [5.41, 5.74) is 12.0. The number of hydrogen-bond donors (Lipinski definition) is 0. The summed E-state index contributed by atoms with van der Waals surface area (Å²) >= 11 is 0. The van der Waals surface area contributed by atoms with Crippen LogP contribution in [-0.4, -0.2) is 34.4 Å². The maximum atomic E-state index is 5.63. The standard InChI is InChI=1S/C28H37N3O/c1-7-26-25(17-30-16-23-12-10-9-11-22(23)15-24(30)18-32-6)27(8-2)31(29-26)28-20(4)13-19(3)14-21(28)5/h9-14,24H,7-8,15-18H2,1-6H3/t24-/m1/s1. The molecule has 4 heteroatoms. The third-order valence-electron chi connectivity index (χ3n) is 6.87. The van der Waals surface area contributed by atoms with Gasteiger partial charge in [-0.25, -0.2) is 4.68 Å². The Labute approximate surface area is 193 Å². The molecule has 0 saturated carbocycles. The topological polar surface area (TPSA) is 30.3 Å². The van der Waals surface area contributed by atoms with Crippen molar-refractivity contribution >= 4 is 0 Å². The van der Waals surface area contributed by atoms with Crippen molar-refractivity contribution in [1.29, 1.82) is 0 Å². The molecule has 0 amide bonds. The molecule has 0 fully saturated rings. The van der Waals surface area contributed by atoms with E-state index in [4.69, 9.17) is 9.84 Å². The van der Waals surface area contributed by atoms with Gasteiger partial charge in [-0.05, 0) is 62.3 Å². The van der Waals surface area contributed by atoms with Crippen molar-refractivity contribution in [3.05, 3.63) is 81.2 Å². The van der Waals surface area contributed by atoms with E-state index in [1.54, 1.807) is 0 Å². The quantitative estimate of drug-likeness (QED) is 0.495. The second-order valence-electron chi connectivity index (χ2n) is 9.23. The number of aromatic nitrogens is 2. The normalized spacial score (nSPS) is 16.4. The lowest BCUT2D eigenvalue weighted by Gasteiger charge is -2.36. The average molecular weight is 432 g/mol. The Morgan fingerprint density at radius 1 is 1.00 bits per heavy atom. The zero-order valence-electron chi connectivity index (χ0n) is 20.5. The van der Waals surface area contributed by atoms with Crippen LogP contribution in [0.2, 0.25) is 0 Å². The zero-order valence-corrected chi connectivity index (χ0v) is 20.5. The minimum atomic E-state index is 0.385. The molecule has 1 aliphatic rings. The van der Waals surface area contributed by atoms with Gasteiger partial charge in [-0.15, -0.1) is 0 Å². The van der Waals surface area contributed by atoms with Gasteiger partial charge in [0.15, 0.2) is 0 Å². The maximum Gasteiger partial charge on any atom is 0.0707 e. The molecular formula is C28H37N3O. The van der Waals surface area contributed by atoms with E-state index in [1.165, 1.54) is 50.5 Å². The first-order valence-corrected chi connectivity index (χ1v) is 11.9. The molecule has 0 bridgehead atoms. The predicted molar refractivity (Wildman–Crippen MR) is 132 cm³/mol. The van der Waals surface area contributed by atoms with Gasteiger partial charge < -0.3 is 4.74 Å². The van der Waals surface area contributed by atoms with Crippen molar-refractivity contribution < 1.29 is 4.74 Å². The highest BCUT2D eigenvalue weighted by Gasteiger charge is 2.29. The molecule has 3 aromatic rings. The van der Waals surface area contributed by atoms with Crippen molar-refractivity contribution in [3.63, 3.8) is 0 Å². The van der Waals surface area contributed by atoms with Gasteiger partial charge in [0.2, 0.25) is 0 Å². The SMILES string of the molecule is CCc1nn(-c2c(C)cc(C)cc2C)c(CC)c1CN1Cc2ccccc2C[C@@H]1COC. The molecule has 0 radical (unpaired) electrons. The molecule has 2 aromatic carbocycles. The Bertz CT molecular complexity index is 1080. The molecule has 2 heterocycles. The van der Waals surface area contributed by atoms with Crippen LogP contribution < -0.4 is 0 Å². The van der Waals surface area contributed by atoms with Crippen molar-refractivity contribution in [2.75, 3.05) is 13.7 Å². The monoisotopic (exact) mass is 431 g/mol. The van der Waals surface area contributed by atoms with E-state index in [-0.39, 0.29) is 0 Å². The van der Waals surface area contributed by atoms with Crippen LogP contribution >= 0.6 is 0 Å². The van der Waals surface area contributed by atoms with Crippen molar-refractivity contribution in [1.82, 2.24) is 14.7 Å². The molecule has 0 N–H and O–H groups in total. The number of rotatable bonds is 7. The van der Waals surface area contributed by atoms with E-state index in [1.807, 2.05) is 7.11 Å². The number of aryl methyl sites for hydroxylation is 4. The Balaban J connectivity index is 1.76. The van der Waals surface area contributed by atoms with Gasteiger partial charge >= 0.3 is 0 Å². The lowest BCUT2D eigenvalue weighted by atomic mass is 9.93. The van der Waals surface area contributed by atoms with Crippen LogP contribution in [0, 0.1) is 20.8 Å². The van der Waals surface area contributed by atoms with Crippen LogP contribution in [0.3, 0.4) is 0 Å². The Hall–Kier alpha value is -2.43. The van der Waals surface area contributed by atoms with Crippen LogP contribution in [0.15, 0.2) is 36.4 Å². The van der Waals surface area contributed by atoms with Gasteiger partial charge in [-0.1, -0.05) is 55.8 Å². The largest absolute Gasteiger partial charge is 0.383 e. The van der Waals surface area contributed by atoms with Gasteiger partial charge in [0, 0.05) is 37.5 Å². The van der Waals surface area contributed by atoms with Crippen LogP contribution in [-0.2, 0) is 37.1 Å². The third kappa shape index (κ3) is 4.26. The minimum Gasteiger partial charge on any atom is -0.383 e. The Kier molecular flexibility index (Phi) is 6.82. The van der Waals surface area contributed by atoms with E-state index in [9.17, 15) is 0 Å². The third-order valence-corrected chi connectivity index (χ3v) is 6.87. The summed E-state index contributed by atoms with van der Waals surface area (Å²) < 4.78 is 7.87. The maximum absolute atomic E-state index is 5.63. The van der Waals surface area contributed by atoms with Gasteiger partial charge in [-0.2, -0.15) is 5.10 Å². The molecule has 0 saturated heterocycles. The fraction of sp³-hybridized carbons (Fsp3) is 0.464. The number of methoxy groups -OCH3 is 1. The predicted octanol–water partition coefficient (Wildman–Crippen LogP) is 5.50. The molecule has 170 valence electrons. The van der Waals surface area contributed by atoms with Gasteiger partial charge in [0.05, 0.1) is 18.0 Å². The molecule has 0 unspecified atom stereocenters. The molecule has 4 nitrogen and oxygen atoms in total. The van der Waals surface area contributed by atoms with Crippen LogP contribution in [0.25, 0.3) is 5.69 Å². The Morgan fingerprint density at radius 2 is 1.69 bits per heavy atom. The lowest BCUT2D eigenvalue weighted by Crippen LogP contribution is -2.42. The van der Waals surface area contributed by atoms with Crippen LogP contribution in [0.4, 0.5) is 0 Å². The highest BCUT2D eigenvalue weighted by Crippen LogP contribution is 2.30. The molecule has 1 atom stereocenters. The minimum absolute atomic E-state index is 0.385. The number of nitrogens with zero attached hydrogens (tertiary/aromatic N) is 3. The zero-order chi connectivity index (χ0) is 22.8. The molecular weight excluding hydrogens is 394 g/mol. The molecule has 4 rings (SSSR count). The number of hydrogen-bond acceptors (Lipinski definition) is 3. The summed E-state index contributed by atoms with van der Waals surface area (Å²) in [6.07, 6.45) is 2.95. The van der Waals surface area contributed by atoms with E-state index < -0.39 is 0 Å². The smallest absolute Gasteiger partial charge is 0.0707 e. The van der Waals surface area contributed by atoms with Crippen LogP contribution in [0.1, 0.15) is 58.6 Å². The van der Waals surface area contributed by atoms with E-state index in [0.29, 0.717) is 6.04 Å². The summed E-state index contributed by atoms with van der Waals surface area (Å²) in [4.78, 5) is 2.60. The number of fused-ring (bicyclic) bond motifs is 1. The van der Waals surface area contributed by atoms with Crippen molar-refractivity contribution in [3.8, 4) is 5.69 Å². The summed E-state index contributed by atoms with van der Waals surface area (Å²) in [6, 6.07) is 13.8. The highest BCUT2D eigenvalue weighted by atomic mass is 16.5. The second kappa shape index (κ2) is 9.60. The molecule has 1 aliphatic heterocycles. The first-order valence-electron chi connectivity index (χ1n) is 11.9. The summed E-state index contributed by atoms with van der Waals surface area (Å²) in [7, 11) is 1.81. The summed E-state index contributed by atoms with van der Waals surface area (Å²) in [5.74, 6) is 0. The molecule has 32 heavy (non-hydrogen) atoms. The lowest BCUT2D eigenvalue weighted by molar-refractivity contribution is 0.0719. The molecule has 1 aromatic heterocycles. The van der Waals surface area contributed by atoms with Gasteiger partial charge in [-0.3, -0.25) is 4.90 Å². The number of benzene rings is 2. The van der Waals surface area contributed by atoms with Crippen LogP contribution in [0.5, 0.6) is 0 Å². The highest BCUT2D eigenvalue weighted by molar-refractivity contribution is 5.51. The molecule has 0 aliphatic carbocycles. The fourth-order valence-corrected chi connectivity index (χ4v) is 5.44. The summed E-state index contributed by atoms with van der Waals surface area (Å²) in [5, 5.41) is 5.16. The molecule has 0 spiro atoms. The first kappa shape index (κ1) is 22.8. The second-order valence-corrected chi connectivity index (χ2v) is 9.23. The average Bonchev–Trinajstić information content (AvgIpc) is 3.10. The van der Waals surface area contributed by atoms with Crippen molar-refractivity contribution in [2.24, 2.45) is 0 Å². The summed E-state index contributed by atoms with van der Waals surface area (Å²) in [6.45, 7) is 13.7.